The number of aliphatic hydroxyl groups is 2. The molecule has 0 saturated carbocycles. The first kappa shape index (κ1) is 11.4. The standard InChI is InChI=1S/C8H14NO5/c1-4(11)9-5-3-14-6(2-10)8(13)7(5)12/h5-8,10,12H,2-3H2,1H3,(H,9,11)/t5-,6+,7+,8+/m0/s1. The first-order chi connectivity index (χ1) is 6.56. The van der Waals surface area contributed by atoms with Gasteiger partial charge in [-0.25, -0.2) is 5.11 Å². The van der Waals surface area contributed by atoms with Crippen LogP contribution in [-0.4, -0.2) is 53.7 Å². The van der Waals surface area contributed by atoms with Gasteiger partial charge in [-0.15, -0.1) is 0 Å². The second-order valence-electron chi connectivity index (χ2n) is 3.32. The Morgan fingerprint density at radius 1 is 1.64 bits per heavy atom. The third-order valence-corrected chi connectivity index (χ3v) is 2.17. The topological polar surface area (TPSA) is 98.7 Å². The van der Waals surface area contributed by atoms with Crippen molar-refractivity contribution >= 4 is 5.91 Å². The van der Waals surface area contributed by atoms with E-state index in [1.807, 2.05) is 0 Å². The molecule has 1 fully saturated rings. The highest BCUT2D eigenvalue weighted by Gasteiger charge is 2.39. The maximum absolute atomic E-state index is 11.3. The molecule has 0 bridgehead atoms. The number of ether oxygens (including phenoxy) is 1. The van der Waals surface area contributed by atoms with E-state index in [2.05, 4.69) is 5.32 Å². The molecule has 0 aliphatic carbocycles. The summed E-state index contributed by atoms with van der Waals surface area (Å²) in [4.78, 5) is 10.7. The zero-order valence-electron chi connectivity index (χ0n) is 7.84. The van der Waals surface area contributed by atoms with Gasteiger partial charge >= 0.3 is 0 Å². The van der Waals surface area contributed by atoms with Gasteiger partial charge in [0.1, 0.15) is 18.3 Å². The molecule has 6 nitrogen and oxygen atoms in total. The molecule has 3 N–H and O–H groups in total. The molecule has 14 heavy (non-hydrogen) atoms. The fourth-order valence-electron chi connectivity index (χ4n) is 1.41. The minimum Gasteiger partial charge on any atom is -0.394 e. The number of nitrogens with one attached hydrogen (secondary N) is 1. The van der Waals surface area contributed by atoms with Gasteiger partial charge in [-0.05, 0) is 0 Å². The van der Waals surface area contributed by atoms with Crippen molar-refractivity contribution in [1.82, 2.24) is 5.32 Å². The van der Waals surface area contributed by atoms with Crippen molar-refractivity contribution in [3.63, 3.8) is 0 Å². The van der Waals surface area contributed by atoms with Crippen molar-refractivity contribution < 1.29 is 24.9 Å². The van der Waals surface area contributed by atoms with Crippen molar-refractivity contribution in [1.29, 1.82) is 0 Å². The van der Waals surface area contributed by atoms with Crippen molar-refractivity contribution in [3.05, 3.63) is 0 Å². The average molecular weight is 204 g/mol. The second-order valence-corrected chi connectivity index (χ2v) is 3.32. The van der Waals surface area contributed by atoms with E-state index < -0.39 is 31.0 Å². The largest absolute Gasteiger partial charge is 0.394 e. The van der Waals surface area contributed by atoms with Gasteiger partial charge in [0.15, 0.2) is 0 Å². The number of hydrogen-bond donors (Lipinski definition) is 3. The normalized spacial score (nSPS) is 38.0. The highest BCUT2D eigenvalue weighted by atomic mass is 16.5. The van der Waals surface area contributed by atoms with Crippen LogP contribution in [0.4, 0.5) is 0 Å². The number of carbonyl (C=O) groups is 1. The molecule has 81 valence electrons. The summed E-state index contributed by atoms with van der Waals surface area (Å²) in [5, 5.41) is 31.9. The molecule has 1 rings (SSSR count). The van der Waals surface area contributed by atoms with Crippen LogP contribution in [0.1, 0.15) is 6.92 Å². The summed E-state index contributed by atoms with van der Waals surface area (Å²) in [6.45, 7) is 0.924. The monoisotopic (exact) mass is 204 g/mol. The number of aliphatic hydroxyl groups excluding tert-OH is 2. The zero-order valence-corrected chi connectivity index (χ0v) is 7.84. The van der Waals surface area contributed by atoms with Gasteiger partial charge in [0, 0.05) is 6.92 Å². The second kappa shape index (κ2) is 4.70. The summed E-state index contributed by atoms with van der Waals surface area (Å²) >= 11 is 0. The van der Waals surface area contributed by atoms with Gasteiger partial charge in [0.05, 0.1) is 19.3 Å². The Balaban J connectivity index is 2.54. The summed E-state index contributed by atoms with van der Waals surface area (Å²) in [6.07, 6.45) is -3.54. The molecule has 1 aliphatic heterocycles. The van der Waals surface area contributed by atoms with E-state index in [1.54, 1.807) is 0 Å². The van der Waals surface area contributed by atoms with Crippen LogP contribution in [-0.2, 0) is 14.6 Å². The molecule has 0 aromatic carbocycles. The Bertz CT molecular complexity index is 210. The Labute approximate surface area is 81.5 Å². The van der Waals surface area contributed by atoms with Crippen molar-refractivity contribution in [2.24, 2.45) is 0 Å². The van der Waals surface area contributed by atoms with E-state index in [-0.39, 0.29) is 12.5 Å². The van der Waals surface area contributed by atoms with Crippen LogP contribution in [0.5, 0.6) is 0 Å². The third-order valence-electron chi connectivity index (χ3n) is 2.17. The predicted octanol–water partition coefficient (Wildman–Crippen LogP) is -1.96. The lowest BCUT2D eigenvalue weighted by Gasteiger charge is -2.35. The minimum absolute atomic E-state index is 0.0463. The zero-order chi connectivity index (χ0) is 10.7. The summed E-state index contributed by atoms with van der Waals surface area (Å²) in [5.41, 5.74) is 0. The third kappa shape index (κ3) is 2.42. The molecule has 0 spiro atoms. The quantitative estimate of drug-likeness (QED) is 0.486. The van der Waals surface area contributed by atoms with Crippen molar-refractivity contribution in [3.8, 4) is 0 Å². The minimum atomic E-state index is -1.43. The fourth-order valence-corrected chi connectivity index (χ4v) is 1.41. The lowest BCUT2D eigenvalue weighted by Crippen LogP contribution is -2.59. The van der Waals surface area contributed by atoms with Crippen molar-refractivity contribution in [2.75, 3.05) is 13.2 Å². The summed E-state index contributed by atoms with van der Waals surface area (Å²) in [7, 11) is 0. The molecule has 6 heteroatoms. The molecule has 0 unspecified atom stereocenters. The van der Waals surface area contributed by atoms with Gasteiger partial charge in [-0.3, -0.25) is 4.79 Å². The van der Waals surface area contributed by atoms with Gasteiger partial charge in [0.25, 0.3) is 0 Å². The lowest BCUT2D eigenvalue weighted by atomic mass is 9.98. The smallest absolute Gasteiger partial charge is 0.217 e. The van der Waals surface area contributed by atoms with E-state index in [0.717, 1.165) is 0 Å². The van der Waals surface area contributed by atoms with Crippen LogP contribution in [0.25, 0.3) is 0 Å². The van der Waals surface area contributed by atoms with E-state index >= 15 is 0 Å². The van der Waals surface area contributed by atoms with Crippen LogP contribution in [0.2, 0.25) is 0 Å². The Hall–Kier alpha value is -0.690. The first-order valence-electron chi connectivity index (χ1n) is 4.39. The van der Waals surface area contributed by atoms with Crippen LogP contribution in [0.3, 0.4) is 0 Å². The summed E-state index contributed by atoms with van der Waals surface area (Å²) in [5.74, 6) is -0.327. The average Bonchev–Trinajstić information content (AvgIpc) is 2.13. The van der Waals surface area contributed by atoms with Crippen LogP contribution < -0.4 is 5.32 Å². The lowest BCUT2D eigenvalue weighted by molar-refractivity contribution is -0.183. The van der Waals surface area contributed by atoms with Gasteiger partial charge < -0.3 is 20.3 Å². The molecule has 0 aromatic rings. The van der Waals surface area contributed by atoms with E-state index in [9.17, 15) is 15.0 Å². The Morgan fingerprint density at radius 3 is 2.79 bits per heavy atom. The van der Waals surface area contributed by atoms with Gasteiger partial charge in [-0.1, -0.05) is 0 Å². The molecular formula is C8H14NO5. The highest BCUT2D eigenvalue weighted by Crippen LogP contribution is 2.15. The molecule has 1 amide bonds. The molecule has 1 heterocycles. The Kier molecular flexibility index (Phi) is 3.82. The maximum atomic E-state index is 11.3. The highest BCUT2D eigenvalue weighted by molar-refractivity contribution is 5.73. The van der Waals surface area contributed by atoms with E-state index in [0.29, 0.717) is 0 Å². The molecule has 1 radical (unpaired) electrons. The van der Waals surface area contributed by atoms with E-state index in [1.165, 1.54) is 6.92 Å². The molecular weight excluding hydrogens is 190 g/mol. The SMILES string of the molecule is CC(=O)N[C@H]1CO[C@H](CO)[C@@H]([O])[C@@H]1O. The van der Waals surface area contributed by atoms with Crippen LogP contribution >= 0.6 is 0 Å². The van der Waals surface area contributed by atoms with Gasteiger partial charge in [0.2, 0.25) is 5.91 Å². The number of rotatable bonds is 2. The molecule has 1 aliphatic rings. The number of amides is 1. The fraction of sp³-hybridized carbons (Fsp3) is 0.875. The molecule has 1 saturated heterocycles. The summed E-state index contributed by atoms with van der Waals surface area (Å²) < 4.78 is 4.99. The molecule has 0 aromatic heterocycles. The van der Waals surface area contributed by atoms with E-state index in [4.69, 9.17) is 9.84 Å². The van der Waals surface area contributed by atoms with Crippen molar-refractivity contribution in [2.45, 2.75) is 31.3 Å². The number of hydrogen-bond acceptors (Lipinski definition) is 4. The van der Waals surface area contributed by atoms with Crippen LogP contribution in [0, 0.1) is 0 Å². The van der Waals surface area contributed by atoms with Crippen LogP contribution in [0.15, 0.2) is 0 Å². The maximum Gasteiger partial charge on any atom is 0.217 e. The Morgan fingerprint density at radius 2 is 2.29 bits per heavy atom. The van der Waals surface area contributed by atoms with Gasteiger partial charge in [-0.2, -0.15) is 0 Å². The number of carbonyl (C=O) groups excluding carboxylic acids is 1. The summed E-state index contributed by atoms with van der Waals surface area (Å²) in [6, 6.07) is -0.683. The first-order valence-corrected chi connectivity index (χ1v) is 4.39. The molecule has 4 atom stereocenters. The predicted molar refractivity (Wildman–Crippen MR) is 44.9 cm³/mol.